The summed E-state index contributed by atoms with van der Waals surface area (Å²) in [7, 11) is 0. The first-order chi connectivity index (χ1) is 10.6. The van der Waals surface area contributed by atoms with Crippen LogP contribution in [0.3, 0.4) is 0 Å². The molecular weight excluding hydrogens is 335 g/mol. The second-order valence-corrected chi connectivity index (χ2v) is 6.08. The van der Waals surface area contributed by atoms with Gasteiger partial charge in [-0.2, -0.15) is 5.10 Å². The molecule has 2 aromatic rings. The van der Waals surface area contributed by atoms with E-state index in [9.17, 15) is 4.79 Å². The fraction of sp³-hybridized carbons (Fsp3) is 0.375. The van der Waals surface area contributed by atoms with Gasteiger partial charge >= 0.3 is 0 Å². The number of rotatable bonds is 3. The fourth-order valence-corrected chi connectivity index (χ4v) is 3.17. The van der Waals surface area contributed by atoms with E-state index >= 15 is 0 Å². The summed E-state index contributed by atoms with van der Waals surface area (Å²) in [5, 5.41) is 11.1. The molecule has 0 unspecified atom stereocenters. The molecule has 23 heavy (non-hydrogen) atoms. The molecule has 1 aromatic heterocycles. The monoisotopic (exact) mass is 354 g/mol. The Kier molecular flexibility index (Phi) is 5.68. The Bertz CT molecular complexity index is 667. The molecule has 0 spiro atoms. The molecule has 1 aliphatic heterocycles. The molecule has 1 amide bonds. The summed E-state index contributed by atoms with van der Waals surface area (Å²) in [5.74, 6) is -0.0662. The molecule has 1 saturated heterocycles. The van der Waals surface area contributed by atoms with Crippen LogP contribution in [0.1, 0.15) is 18.4 Å². The quantitative estimate of drug-likeness (QED) is 0.890. The van der Waals surface area contributed by atoms with E-state index in [1.807, 2.05) is 37.4 Å². The van der Waals surface area contributed by atoms with Gasteiger partial charge in [0.05, 0.1) is 10.7 Å². The van der Waals surface area contributed by atoms with Crippen molar-refractivity contribution < 1.29 is 4.79 Å². The van der Waals surface area contributed by atoms with Crippen LogP contribution in [0.5, 0.6) is 0 Å². The van der Waals surface area contributed by atoms with Crippen molar-refractivity contribution in [2.24, 2.45) is 0 Å². The number of benzene rings is 1. The van der Waals surface area contributed by atoms with Gasteiger partial charge in [-0.05, 0) is 56.6 Å². The number of nitrogens with zero attached hydrogens (tertiary/aromatic N) is 2. The van der Waals surface area contributed by atoms with Crippen LogP contribution < -0.4 is 10.6 Å². The number of aromatic nitrogens is 2. The van der Waals surface area contributed by atoms with Gasteiger partial charge in [0, 0.05) is 12.4 Å². The highest BCUT2D eigenvalue weighted by atomic mass is 35.5. The van der Waals surface area contributed by atoms with E-state index in [1.54, 1.807) is 10.9 Å². The number of aryl methyl sites for hydroxylation is 1. The lowest BCUT2D eigenvalue weighted by Gasteiger charge is -2.36. The Morgan fingerprint density at radius 1 is 1.39 bits per heavy atom. The van der Waals surface area contributed by atoms with E-state index in [1.165, 1.54) is 0 Å². The van der Waals surface area contributed by atoms with Gasteiger partial charge in [0.15, 0.2) is 0 Å². The average Bonchev–Trinajstić information content (AvgIpc) is 3.05. The van der Waals surface area contributed by atoms with Crippen molar-refractivity contribution in [3.05, 3.63) is 47.2 Å². The first kappa shape index (κ1) is 17.8. The van der Waals surface area contributed by atoms with Crippen molar-refractivity contribution in [3.8, 4) is 0 Å². The molecule has 1 aliphatic rings. The Balaban J connectivity index is 0.00000192. The minimum absolute atomic E-state index is 0. The van der Waals surface area contributed by atoms with E-state index in [2.05, 4.69) is 15.7 Å². The van der Waals surface area contributed by atoms with E-state index in [0.717, 1.165) is 18.7 Å². The SMILES string of the molecule is Cc1ccc(NC(=O)C2(n3cccn3)CCNCC2)c(Cl)c1.Cl. The first-order valence-electron chi connectivity index (χ1n) is 7.40. The molecule has 0 radical (unpaired) electrons. The maximum atomic E-state index is 13.0. The molecule has 7 heteroatoms. The van der Waals surface area contributed by atoms with Gasteiger partial charge in [0.2, 0.25) is 0 Å². The summed E-state index contributed by atoms with van der Waals surface area (Å²) in [5.41, 5.74) is 1.04. The summed E-state index contributed by atoms with van der Waals surface area (Å²) in [6.07, 6.45) is 4.95. The molecular formula is C16H20Cl2N4O. The van der Waals surface area contributed by atoms with Gasteiger partial charge in [-0.15, -0.1) is 12.4 Å². The lowest BCUT2D eigenvalue weighted by atomic mass is 9.87. The summed E-state index contributed by atoms with van der Waals surface area (Å²) < 4.78 is 1.77. The fourth-order valence-electron chi connectivity index (χ4n) is 2.88. The number of amides is 1. The van der Waals surface area contributed by atoms with Crippen molar-refractivity contribution in [3.63, 3.8) is 0 Å². The van der Waals surface area contributed by atoms with Gasteiger partial charge in [0.1, 0.15) is 5.54 Å². The third-order valence-electron chi connectivity index (χ3n) is 4.17. The average molecular weight is 355 g/mol. The van der Waals surface area contributed by atoms with Crippen LogP contribution in [0, 0.1) is 6.92 Å². The zero-order chi connectivity index (χ0) is 15.6. The number of halogens is 2. The highest BCUT2D eigenvalue weighted by Gasteiger charge is 2.42. The Labute approximate surface area is 146 Å². The summed E-state index contributed by atoms with van der Waals surface area (Å²) in [6.45, 7) is 3.54. The lowest BCUT2D eigenvalue weighted by Crippen LogP contribution is -2.52. The van der Waals surface area contributed by atoms with Gasteiger partial charge in [-0.25, -0.2) is 0 Å². The van der Waals surface area contributed by atoms with Crippen molar-refractivity contribution >= 4 is 35.6 Å². The van der Waals surface area contributed by atoms with Crippen LogP contribution >= 0.6 is 24.0 Å². The molecule has 1 fully saturated rings. The standard InChI is InChI=1S/C16H19ClN4O.ClH/c1-12-3-4-14(13(17)11-12)20-15(22)16(5-8-18-9-6-16)21-10-2-7-19-21;/h2-4,7,10-11,18H,5-6,8-9H2,1H3,(H,20,22);1H. The minimum atomic E-state index is -0.664. The van der Waals surface area contributed by atoms with E-state index in [0.29, 0.717) is 23.6 Å². The van der Waals surface area contributed by atoms with Crippen molar-refractivity contribution in [1.82, 2.24) is 15.1 Å². The van der Waals surface area contributed by atoms with Crippen LogP contribution in [-0.2, 0) is 10.3 Å². The summed E-state index contributed by atoms with van der Waals surface area (Å²) in [4.78, 5) is 13.0. The molecule has 0 saturated carbocycles. The molecule has 2 N–H and O–H groups in total. The molecule has 1 aromatic carbocycles. The Hall–Kier alpha value is -1.56. The largest absolute Gasteiger partial charge is 0.323 e. The molecule has 124 valence electrons. The second-order valence-electron chi connectivity index (χ2n) is 5.67. The summed E-state index contributed by atoms with van der Waals surface area (Å²) in [6, 6.07) is 7.47. The summed E-state index contributed by atoms with van der Waals surface area (Å²) >= 11 is 6.23. The highest BCUT2D eigenvalue weighted by molar-refractivity contribution is 6.33. The number of piperidine rings is 1. The molecule has 2 heterocycles. The van der Waals surface area contributed by atoms with Crippen LogP contribution in [0.15, 0.2) is 36.7 Å². The zero-order valence-corrected chi connectivity index (χ0v) is 14.5. The predicted octanol–water partition coefficient (Wildman–Crippen LogP) is 2.98. The van der Waals surface area contributed by atoms with Crippen molar-refractivity contribution in [2.45, 2.75) is 25.3 Å². The van der Waals surface area contributed by atoms with Crippen molar-refractivity contribution in [1.29, 1.82) is 0 Å². The molecule has 0 bridgehead atoms. The van der Waals surface area contributed by atoms with Crippen LogP contribution in [-0.4, -0.2) is 28.8 Å². The van der Waals surface area contributed by atoms with E-state index in [-0.39, 0.29) is 18.3 Å². The van der Waals surface area contributed by atoms with Gasteiger partial charge in [0.25, 0.3) is 5.91 Å². The van der Waals surface area contributed by atoms with Crippen molar-refractivity contribution in [2.75, 3.05) is 18.4 Å². The molecule has 5 nitrogen and oxygen atoms in total. The van der Waals surface area contributed by atoms with E-state index < -0.39 is 5.54 Å². The Morgan fingerprint density at radius 3 is 2.74 bits per heavy atom. The van der Waals surface area contributed by atoms with Gasteiger partial charge in [-0.3, -0.25) is 9.48 Å². The maximum absolute atomic E-state index is 13.0. The molecule has 0 atom stereocenters. The number of anilines is 1. The van der Waals surface area contributed by atoms with Gasteiger partial charge < -0.3 is 10.6 Å². The lowest BCUT2D eigenvalue weighted by molar-refractivity contribution is -0.126. The number of hydrogen-bond acceptors (Lipinski definition) is 3. The molecule has 0 aliphatic carbocycles. The number of carbonyl (C=O) groups is 1. The van der Waals surface area contributed by atoms with Crippen LogP contribution in [0.25, 0.3) is 0 Å². The zero-order valence-electron chi connectivity index (χ0n) is 12.9. The van der Waals surface area contributed by atoms with Crippen LogP contribution in [0.2, 0.25) is 5.02 Å². The predicted molar refractivity (Wildman–Crippen MR) is 94.4 cm³/mol. The second kappa shape index (κ2) is 7.34. The number of nitrogens with one attached hydrogen (secondary N) is 2. The first-order valence-corrected chi connectivity index (χ1v) is 7.78. The van der Waals surface area contributed by atoms with E-state index in [4.69, 9.17) is 11.6 Å². The van der Waals surface area contributed by atoms with Gasteiger partial charge in [-0.1, -0.05) is 17.7 Å². The van der Waals surface area contributed by atoms with Crippen LogP contribution in [0.4, 0.5) is 5.69 Å². The topological polar surface area (TPSA) is 59.0 Å². The third-order valence-corrected chi connectivity index (χ3v) is 4.48. The number of hydrogen-bond donors (Lipinski definition) is 2. The molecule has 3 rings (SSSR count). The minimum Gasteiger partial charge on any atom is -0.323 e. The Morgan fingerprint density at radius 2 is 2.13 bits per heavy atom. The maximum Gasteiger partial charge on any atom is 0.252 e. The highest BCUT2D eigenvalue weighted by Crippen LogP contribution is 2.30. The third kappa shape index (κ3) is 3.52. The smallest absolute Gasteiger partial charge is 0.252 e. The normalized spacial score (nSPS) is 16.4. The number of carbonyl (C=O) groups excluding carboxylic acids is 1.